The van der Waals surface area contributed by atoms with Gasteiger partial charge in [-0.2, -0.15) is 0 Å². The van der Waals surface area contributed by atoms with Gasteiger partial charge in [0.25, 0.3) is 0 Å². The molecule has 102 valence electrons. The number of piperazine rings is 1. The zero-order valence-electron chi connectivity index (χ0n) is 12.0. The zero-order valence-corrected chi connectivity index (χ0v) is 12.0. The quantitative estimate of drug-likeness (QED) is 0.820. The fraction of sp³-hybridized carbons (Fsp3) is 0.769. The maximum absolute atomic E-state index is 4.67. The van der Waals surface area contributed by atoms with Crippen molar-refractivity contribution in [2.24, 2.45) is 0 Å². The van der Waals surface area contributed by atoms with Crippen LogP contribution in [0.3, 0.4) is 0 Å². The molecule has 0 aliphatic carbocycles. The molecule has 2 rings (SSSR count). The molecule has 1 aromatic heterocycles. The minimum Gasteiger partial charge on any atom is -0.346 e. The zero-order chi connectivity index (χ0) is 13.1. The Kier molecular flexibility index (Phi) is 4.37. The topological polar surface area (TPSA) is 47.2 Å². The van der Waals surface area contributed by atoms with E-state index in [2.05, 4.69) is 39.1 Å². The van der Waals surface area contributed by atoms with Crippen molar-refractivity contribution < 1.29 is 0 Å². The van der Waals surface area contributed by atoms with Crippen molar-refractivity contribution in [3.8, 4) is 0 Å². The van der Waals surface area contributed by atoms with E-state index in [-0.39, 0.29) is 0 Å². The summed E-state index contributed by atoms with van der Waals surface area (Å²) in [7, 11) is 4.20. The van der Waals surface area contributed by atoms with E-state index >= 15 is 0 Å². The van der Waals surface area contributed by atoms with Crippen molar-refractivity contribution in [3.63, 3.8) is 0 Å². The summed E-state index contributed by atoms with van der Waals surface area (Å²) in [4.78, 5) is 12.9. The number of nitrogens with one attached hydrogen (secondary N) is 2. The van der Waals surface area contributed by atoms with Crippen LogP contribution in [0, 0.1) is 13.8 Å². The molecule has 1 unspecified atom stereocenters. The smallest absolute Gasteiger partial charge is 0.103 e. The summed E-state index contributed by atoms with van der Waals surface area (Å²) >= 11 is 0. The molecule has 2 N–H and O–H groups in total. The van der Waals surface area contributed by atoms with Crippen molar-refractivity contribution >= 4 is 0 Å². The summed E-state index contributed by atoms with van der Waals surface area (Å²) < 4.78 is 0. The molecule has 1 aliphatic rings. The lowest BCUT2D eigenvalue weighted by molar-refractivity contribution is 0.109. The number of aromatic amines is 1. The Hall–Kier alpha value is -0.910. The van der Waals surface area contributed by atoms with E-state index in [0.29, 0.717) is 6.04 Å². The molecule has 1 atom stereocenters. The van der Waals surface area contributed by atoms with Gasteiger partial charge in [-0.25, -0.2) is 4.98 Å². The van der Waals surface area contributed by atoms with Gasteiger partial charge in [0.2, 0.25) is 0 Å². The maximum atomic E-state index is 4.67. The fourth-order valence-electron chi connectivity index (χ4n) is 2.68. The van der Waals surface area contributed by atoms with Crippen molar-refractivity contribution in [1.29, 1.82) is 0 Å². The van der Waals surface area contributed by atoms with E-state index in [4.69, 9.17) is 0 Å². The Morgan fingerprint density at radius 2 is 1.94 bits per heavy atom. The summed E-state index contributed by atoms with van der Waals surface area (Å²) in [6, 6.07) is 0.383. The van der Waals surface area contributed by atoms with E-state index in [9.17, 15) is 0 Å². The van der Waals surface area contributed by atoms with E-state index in [1.54, 1.807) is 0 Å². The normalized spacial score (nSPS) is 20.2. The van der Waals surface area contributed by atoms with Crippen LogP contribution in [0.4, 0.5) is 0 Å². The SMILES string of the molecule is CNCC(c1nc(C)[nH]c1C)N1CCN(C)CC1. The predicted octanol–water partition coefficient (Wildman–Crippen LogP) is 0.534. The number of hydrogen-bond donors (Lipinski definition) is 2. The van der Waals surface area contributed by atoms with Crippen LogP contribution in [0.5, 0.6) is 0 Å². The average molecular weight is 251 g/mol. The Morgan fingerprint density at radius 3 is 2.44 bits per heavy atom. The van der Waals surface area contributed by atoms with E-state index < -0.39 is 0 Å². The summed E-state index contributed by atoms with van der Waals surface area (Å²) in [6.45, 7) is 9.62. The van der Waals surface area contributed by atoms with Crippen molar-refractivity contribution in [3.05, 3.63) is 17.2 Å². The molecule has 1 aromatic rings. The van der Waals surface area contributed by atoms with Gasteiger partial charge in [-0.05, 0) is 27.9 Å². The summed E-state index contributed by atoms with van der Waals surface area (Å²) in [5.41, 5.74) is 2.40. The lowest BCUT2D eigenvalue weighted by Gasteiger charge is -2.37. The molecule has 0 spiro atoms. The molecule has 5 heteroatoms. The summed E-state index contributed by atoms with van der Waals surface area (Å²) in [5.74, 6) is 1.01. The Morgan fingerprint density at radius 1 is 1.28 bits per heavy atom. The number of aryl methyl sites for hydroxylation is 2. The van der Waals surface area contributed by atoms with Gasteiger partial charge in [0.05, 0.1) is 11.7 Å². The average Bonchev–Trinajstić information content (AvgIpc) is 2.67. The van der Waals surface area contributed by atoms with Gasteiger partial charge in [-0.3, -0.25) is 4.90 Å². The number of H-pyrrole nitrogens is 1. The molecule has 0 amide bonds. The third kappa shape index (κ3) is 2.91. The number of hydrogen-bond acceptors (Lipinski definition) is 4. The first kappa shape index (κ1) is 13.5. The monoisotopic (exact) mass is 251 g/mol. The first-order chi connectivity index (χ1) is 8.61. The highest BCUT2D eigenvalue weighted by Gasteiger charge is 2.26. The molecule has 18 heavy (non-hydrogen) atoms. The van der Waals surface area contributed by atoms with Crippen LogP contribution in [0.15, 0.2) is 0 Å². The molecule has 0 bridgehead atoms. The third-order valence-electron chi connectivity index (χ3n) is 3.73. The number of nitrogens with zero attached hydrogens (tertiary/aromatic N) is 3. The van der Waals surface area contributed by atoms with Crippen LogP contribution >= 0.6 is 0 Å². The van der Waals surface area contributed by atoms with Crippen LogP contribution in [0.1, 0.15) is 23.3 Å². The minimum absolute atomic E-state index is 0.383. The Bertz CT molecular complexity index is 379. The Balaban J connectivity index is 2.15. The molecular weight excluding hydrogens is 226 g/mol. The molecule has 5 nitrogen and oxygen atoms in total. The van der Waals surface area contributed by atoms with Crippen LogP contribution in [-0.4, -0.2) is 66.6 Å². The second-order valence-corrected chi connectivity index (χ2v) is 5.25. The van der Waals surface area contributed by atoms with Crippen LogP contribution in [0.25, 0.3) is 0 Å². The lowest BCUT2D eigenvalue weighted by Crippen LogP contribution is -2.48. The highest BCUT2D eigenvalue weighted by Crippen LogP contribution is 2.22. The molecule has 2 heterocycles. The molecule has 0 saturated carbocycles. The standard InChI is InChI=1S/C13H25N5/c1-10-13(16-11(2)15-10)12(9-14-3)18-7-5-17(4)6-8-18/h12,14H,5-9H2,1-4H3,(H,15,16). The third-order valence-corrected chi connectivity index (χ3v) is 3.73. The summed E-state index contributed by atoms with van der Waals surface area (Å²) in [5, 5.41) is 3.30. The second kappa shape index (κ2) is 5.82. The lowest BCUT2D eigenvalue weighted by atomic mass is 10.1. The van der Waals surface area contributed by atoms with Gasteiger partial charge < -0.3 is 15.2 Å². The van der Waals surface area contributed by atoms with Crippen LogP contribution < -0.4 is 5.32 Å². The highest BCUT2D eigenvalue weighted by molar-refractivity contribution is 5.17. The maximum Gasteiger partial charge on any atom is 0.103 e. The molecular formula is C13H25N5. The number of likely N-dealkylation sites (N-methyl/N-ethyl adjacent to an activating group) is 2. The van der Waals surface area contributed by atoms with Crippen LogP contribution in [-0.2, 0) is 0 Å². The molecule has 1 aliphatic heterocycles. The van der Waals surface area contributed by atoms with E-state index in [1.165, 1.54) is 11.4 Å². The van der Waals surface area contributed by atoms with Crippen molar-refractivity contribution in [1.82, 2.24) is 25.1 Å². The number of rotatable bonds is 4. The molecule has 0 radical (unpaired) electrons. The van der Waals surface area contributed by atoms with Gasteiger partial charge in [-0.15, -0.1) is 0 Å². The predicted molar refractivity (Wildman–Crippen MR) is 73.8 cm³/mol. The second-order valence-electron chi connectivity index (χ2n) is 5.25. The van der Waals surface area contributed by atoms with Gasteiger partial charge in [-0.1, -0.05) is 0 Å². The van der Waals surface area contributed by atoms with Gasteiger partial charge in [0.1, 0.15) is 5.82 Å². The largest absolute Gasteiger partial charge is 0.346 e. The van der Waals surface area contributed by atoms with Crippen molar-refractivity contribution in [2.75, 3.05) is 46.8 Å². The fourth-order valence-corrected chi connectivity index (χ4v) is 2.68. The Labute approximate surface area is 110 Å². The molecule has 1 saturated heterocycles. The number of aromatic nitrogens is 2. The minimum atomic E-state index is 0.383. The van der Waals surface area contributed by atoms with Gasteiger partial charge in [0.15, 0.2) is 0 Å². The van der Waals surface area contributed by atoms with Gasteiger partial charge in [0, 0.05) is 38.4 Å². The first-order valence-corrected chi connectivity index (χ1v) is 6.72. The van der Waals surface area contributed by atoms with Gasteiger partial charge >= 0.3 is 0 Å². The molecule has 0 aromatic carbocycles. The molecule has 1 fully saturated rings. The van der Waals surface area contributed by atoms with Crippen LogP contribution in [0.2, 0.25) is 0 Å². The van der Waals surface area contributed by atoms with E-state index in [1.807, 2.05) is 14.0 Å². The summed E-state index contributed by atoms with van der Waals surface area (Å²) in [6.07, 6.45) is 0. The van der Waals surface area contributed by atoms with E-state index in [0.717, 1.165) is 38.5 Å². The highest BCUT2D eigenvalue weighted by atomic mass is 15.3. The first-order valence-electron chi connectivity index (χ1n) is 6.72. The van der Waals surface area contributed by atoms with Crippen molar-refractivity contribution in [2.45, 2.75) is 19.9 Å². The number of imidazole rings is 1.